The van der Waals surface area contributed by atoms with Crippen LogP contribution in [-0.4, -0.2) is 36.9 Å². The fourth-order valence-electron chi connectivity index (χ4n) is 3.72. The van der Waals surface area contributed by atoms with Crippen molar-refractivity contribution in [1.82, 2.24) is 29.2 Å². The molecule has 0 radical (unpaired) electrons. The molecule has 0 saturated heterocycles. The van der Waals surface area contributed by atoms with Crippen LogP contribution in [0.25, 0.3) is 17.0 Å². The summed E-state index contributed by atoms with van der Waals surface area (Å²) in [4.78, 5) is 26.8. The van der Waals surface area contributed by atoms with Gasteiger partial charge in [-0.05, 0) is 25.1 Å². The number of para-hydroxylation sites is 1. The van der Waals surface area contributed by atoms with Crippen molar-refractivity contribution in [3.8, 4) is 17.3 Å². The number of hydrogen-bond acceptors (Lipinski definition) is 6. The van der Waals surface area contributed by atoms with E-state index in [4.69, 9.17) is 4.74 Å². The molecule has 0 atom stereocenters. The fourth-order valence-corrected chi connectivity index (χ4v) is 4.33. The fraction of sp³-hybridized carbons (Fsp3) is 0.167. The summed E-state index contributed by atoms with van der Waals surface area (Å²) >= 11 is 1.63. The molecule has 0 bridgehead atoms. The molecule has 4 heterocycles. The number of hydrogen-bond donors (Lipinski definition) is 1. The van der Waals surface area contributed by atoms with E-state index in [-0.39, 0.29) is 5.91 Å². The molecule has 0 aliphatic rings. The maximum absolute atomic E-state index is 13.1. The highest BCUT2D eigenvalue weighted by atomic mass is 32.1. The minimum Gasteiger partial charge on any atom is -0.496 e. The Kier molecular flexibility index (Phi) is 5.62. The van der Waals surface area contributed by atoms with Gasteiger partial charge in [-0.1, -0.05) is 24.3 Å². The number of carbonyl (C=O) groups is 1. The van der Waals surface area contributed by atoms with Crippen LogP contribution in [0.3, 0.4) is 0 Å². The van der Waals surface area contributed by atoms with Crippen LogP contribution in [-0.2, 0) is 13.1 Å². The molecule has 9 heteroatoms. The minimum absolute atomic E-state index is 0.256. The lowest BCUT2D eigenvalue weighted by atomic mass is 10.2. The van der Waals surface area contributed by atoms with E-state index in [0.29, 0.717) is 30.3 Å². The molecule has 0 fully saturated rings. The topological polar surface area (TPSA) is 86.3 Å². The average molecular weight is 459 g/mol. The lowest BCUT2D eigenvalue weighted by Crippen LogP contribution is -2.23. The van der Waals surface area contributed by atoms with Crippen molar-refractivity contribution in [2.75, 3.05) is 7.11 Å². The average Bonchev–Trinajstić information content (AvgIpc) is 3.56. The Bertz CT molecular complexity index is 1430. The Balaban J connectivity index is 1.42. The van der Waals surface area contributed by atoms with Crippen LogP contribution in [0, 0.1) is 6.92 Å². The van der Waals surface area contributed by atoms with Crippen LogP contribution < -0.4 is 10.1 Å². The number of nitrogens with zero attached hydrogens (tertiary/aromatic N) is 5. The number of ether oxygens (including phenoxy) is 1. The zero-order valence-electron chi connectivity index (χ0n) is 18.2. The summed E-state index contributed by atoms with van der Waals surface area (Å²) in [6, 6.07) is 13.3. The standard InChI is InChI=1S/C24H22N6O2S/c1-16-27-18(14-33-16)12-29-13-19(26-15-29)23-28-22(20-8-5-6-10-30(20)23)24(31)25-11-17-7-3-4-9-21(17)32-2/h3-10,13-15H,11-12H2,1-2H3,(H,25,31). The van der Waals surface area contributed by atoms with Gasteiger partial charge in [-0.15, -0.1) is 11.3 Å². The summed E-state index contributed by atoms with van der Waals surface area (Å²) in [6.45, 7) is 2.96. The summed E-state index contributed by atoms with van der Waals surface area (Å²) in [5.41, 5.74) is 3.64. The minimum atomic E-state index is -0.256. The van der Waals surface area contributed by atoms with E-state index in [1.165, 1.54) is 0 Å². The number of aromatic nitrogens is 5. The number of carbonyl (C=O) groups excluding carboxylic acids is 1. The third-order valence-corrected chi connectivity index (χ3v) is 6.09. The van der Waals surface area contributed by atoms with Crippen molar-refractivity contribution in [1.29, 1.82) is 0 Å². The van der Waals surface area contributed by atoms with E-state index in [2.05, 4.69) is 20.3 Å². The normalized spacial score (nSPS) is 11.1. The van der Waals surface area contributed by atoms with Crippen LogP contribution in [0.5, 0.6) is 5.75 Å². The van der Waals surface area contributed by atoms with Gasteiger partial charge in [0.15, 0.2) is 11.5 Å². The number of rotatable bonds is 7. The van der Waals surface area contributed by atoms with Gasteiger partial charge in [0, 0.05) is 29.9 Å². The molecule has 0 spiro atoms. The van der Waals surface area contributed by atoms with Gasteiger partial charge in [-0.2, -0.15) is 0 Å². The highest BCUT2D eigenvalue weighted by Crippen LogP contribution is 2.23. The highest BCUT2D eigenvalue weighted by molar-refractivity contribution is 7.09. The zero-order chi connectivity index (χ0) is 22.8. The van der Waals surface area contributed by atoms with E-state index in [1.807, 2.05) is 76.1 Å². The molecule has 5 rings (SSSR count). The summed E-state index contributed by atoms with van der Waals surface area (Å²) < 4.78 is 9.23. The molecule has 0 aliphatic heterocycles. The van der Waals surface area contributed by atoms with Crippen molar-refractivity contribution in [3.05, 3.63) is 88.5 Å². The maximum Gasteiger partial charge on any atom is 0.272 e. The third kappa shape index (κ3) is 4.22. The number of pyridine rings is 1. The summed E-state index contributed by atoms with van der Waals surface area (Å²) in [5.74, 6) is 1.09. The first-order valence-electron chi connectivity index (χ1n) is 10.4. The Hall–Kier alpha value is -3.98. The number of methoxy groups -OCH3 is 1. The van der Waals surface area contributed by atoms with Crippen molar-refractivity contribution in [2.24, 2.45) is 0 Å². The van der Waals surface area contributed by atoms with Gasteiger partial charge in [0.05, 0.1) is 36.2 Å². The Morgan fingerprint density at radius 2 is 2.00 bits per heavy atom. The number of thiazole rings is 1. The van der Waals surface area contributed by atoms with E-state index < -0.39 is 0 Å². The maximum atomic E-state index is 13.1. The zero-order valence-corrected chi connectivity index (χ0v) is 19.0. The monoisotopic (exact) mass is 458 g/mol. The van der Waals surface area contributed by atoms with Crippen LogP contribution in [0.4, 0.5) is 0 Å². The van der Waals surface area contributed by atoms with Gasteiger partial charge in [0.25, 0.3) is 5.91 Å². The molecule has 0 saturated carbocycles. The van der Waals surface area contributed by atoms with E-state index in [1.54, 1.807) is 24.8 Å². The second-order valence-corrected chi connectivity index (χ2v) is 8.59. The molecule has 8 nitrogen and oxygen atoms in total. The predicted octanol–water partition coefficient (Wildman–Crippen LogP) is 3.95. The van der Waals surface area contributed by atoms with Gasteiger partial charge in [0.2, 0.25) is 0 Å². The van der Waals surface area contributed by atoms with Crippen LogP contribution in [0.1, 0.15) is 26.8 Å². The van der Waals surface area contributed by atoms with Crippen molar-refractivity contribution < 1.29 is 9.53 Å². The van der Waals surface area contributed by atoms with Crippen LogP contribution >= 0.6 is 11.3 Å². The van der Waals surface area contributed by atoms with Gasteiger partial charge in [0.1, 0.15) is 11.4 Å². The van der Waals surface area contributed by atoms with Crippen molar-refractivity contribution in [2.45, 2.75) is 20.0 Å². The molecular weight excluding hydrogens is 436 g/mol. The summed E-state index contributed by atoms with van der Waals surface area (Å²) in [7, 11) is 1.62. The first-order valence-corrected chi connectivity index (χ1v) is 11.3. The molecule has 1 aromatic carbocycles. The SMILES string of the molecule is COc1ccccc1CNC(=O)c1nc(-c2cn(Cc3csc(C)n3)cn2)n2ccccc12. The number of amides is 1. The number of aryl methyl sites for hydroxylation is 1. The van der Waals surface area contributed by atoms with E-state index in [9.17, 15) is 4.79 Å². The molecular formula is C24H22N6O2S. The second-order valence-electron chi connectivity index (χ2n) is 7.52. The van der Waals surface area contributed by atoms with Gasteiger partial charge >= 0.3 is 0 Å². The van der Waals surface area contributed by atoms with E-state index in [0.717, 1.165) is 27.5 Å². The largest absolute Gasteiger partial charge is 0.496 e. The number of fused-ring (bicyclic) bond motifs is 1. The smallest absolute Gasteiger partial charge is 0.272 e. The van der Waals surface area contributed by atoms with Crippen molar-refractivity contribution in [3.63, 3.8) is 0 Å². The first-order chi connectivity index (χ1) is 16.1. The lowest BCUT2D eigenvalue weighted by molar-refractivity contribution is 0.0948. The number of nitrogens with one attached hydrogen (secondary N) is 1. The van der Waals surface area contributed by atoms with Gasteiger partial charge in [-0.3, -0.25) is 9.20 Å². The Labute approximate surface area is 194 Å². The van der Waals surface area contributed by atoms with Crippen molar-refractivity contribution >= 4 is 22.8 Å². The quantitative estimate of drug-likeness (QED) is 0.399. The summed E-state index contributed by atoms with van der Waals surface area (Å²) in [5, 5.41) is 6.04. The second kappa shape index (κ2) is 8.87. The molecule has 1 N–H and O–H groups in total. The third-order valence-electron chi connectivity index (χ3n) is 5.27. The number of benzene rings is 1. The molecule has 5 aromatic rings. The molecule has 166 valence electrons. The van der Waals surface area contributed by atoms with Gasteiger partial charge < -0.3 is 14.6 Å². The molecule has 33 heavy (non-hydrogen) atoms. The highest BCUT2D eigenvalue weighted by Gasteiger charge is 2.20. The number of imidazole rings is 2. The van der Waals surface area contributed by atoms with Crippen LogP contribution in [0.2, 0.25) is 0 Å². The summed E-state index contributed by atoms with van der Waals surface area (Å²) in [6.07, 6.45) is 5.57. The van der Waals surface area contributed by atoms with Crippen LogP contribution in [0.15, 0.2) is 66.6 Å². The predicted molar refractivity (Wildman–Crippen MR) is 127 cm³/mol. The van der Waals surface area contributed by atoms with Gasteiger partial charge in [-0.25, -0.2) is 15.0 Å². The molecule has 0 unspecified atom stereocenters. The Morgan fingerprint density at radius 1 is 1.15 bits per heavy atom. The molecule has 4 aromatic heterocycles. The molecule has 0 aliphatic carbocycles. The van der Waals surface area contributed by atoms with E-state index >= 15 is 0 Å². The molecule has 1 amide bonds. The Morgan fingerprint density at radius 3 is 2.82 bits per heavy atom. The first kappa shape index (κ1) is 20.9. The lowest BCUT2D eigenvalue weighted by Gasteiger charge is -2.08.